The first-order valence-electron chi connectivity index (χ1n) is 5.44. The maximum atomic E-state index is 11.3. The van der Waals surface area contributed by atoms with Gasteiger partial charge in [0.1, 0.15) is 5.78 Å². The van der Waals surface area contributed by atoms with Crippen LogP contribution in [0.2, 0.25) is 0 Å². The first kappa shape index (κ1) is 13.2. The lowest BCUT2D eigenvalue weighted by atomic mass is 9.92. The van der Waals surface area contributed by atoms with Crippen LogP contribution in [0.4, 0.5) is 0 Å². The molecule has 0 aliphatic heterocycles. The van der Waals surface area contributed by atoms with E-state index in [1.165, 1.54) is 0 Å². The normalized spacial score (nSPS) is 10.1. The number of carbonyl (C=O) groups excluding carboxylic acids is 1. The largest absolute Gasteiger partial charge is 0.300 e. The van der Waals surface area contributed by atoms with Gasteiger partial charge in [-0.1, -0.05) is 12.2 Å². The molecule has 0 spiro atoms. The molecule has 0 aromatic rings. The Morgan fingerprint density at radius 2 is 1.57 bits per heavy atom. The van der Waals surface area contributed by atoms with Crippen LogP contribution >= 0.6 is 0 Å². The summed E-state index contributed by atoms with van der Waals surface area (Å²) in [5.41, 5.74) is 0. The Bertz CT molecular complexity index is 168. The summed E-state index contributed by atoms with van der Waals surface area (Å²) in [4.78, 5) is 11.3. The Balaban J connectivity index is 3.71. The van der Waals surface area contributed by atoms with Crippen LogP contribution < -0.4 is 0 Å². The predicted molar refractivity (Wildman–Crippen MR) is 62.3 cm³/mol. The second-order valence-corrected chi connectivity index (χ2v) is 3.75. The molecule has 0 aliphatic carbocycles. The second-order valence-electron chi connectivity index (χ2n) is 3.75. The van der Waals surface area contributed by atoms with Gasteiger partial charge in [-0.25, -0.2) is 0 Å². The lowest BCUT2D eigenvalue weighted by molar-refractivity contribution is -0.121. The van der Waals surface area contributed by atoms with E-state index in [9.17, 15) is 4.79 Å². The van der Waals surface area contributed by atoms with Crippen LogP contribution in [0.1, 0.15) is 45.4 Å². The lowest BCUT2D eigenvalue weighted by Crippen LogP contribution is -2.10. The summed E-state index contributed by atoms with van der Waals surface area (Å²) in [6.45, 7) is 9.06. The molecule has 0 saturated heterocycles. The first-order valence-corrected chi connectivity index (χ1v) is 5.44. The molecule has 0 aliphatic rings. The summed E-state index contributed by atoms with van der Waals surface area (Å²) in [7, 11) is 0. The van der Waals surface area contributed by atoms with Crippen LogP contribution in [-0.4, -0.2) is 5.78 Å². The highest BCUT2D eigenvalue weighted by Crippen LogP contribution is 2.17. The fraction of sp³-hybridized carbons (Fsp3) is 0.615. The van der Waals surface area contributed by atoms with Crippen molar-refractivity contribution in [3.8, 4) is 0 Å². The molecular formula is C13H22O. The predicted octanol–water partition coefficient (Wildman–Crippen LogP) is 3.90. The fourth-order valence-electron chi connectivity index (χ4n) is 1.57. The van der Waals surface area contributed by atoms with Gasteiger partial charge in [-0.15, -0.1) is 13.2 Å². The summed E-state index contributed by atoms with van der Waals surface area (Å²) in [5, 5.41) is 0. The van der Waals surface area contributed by atoms with Gasteiger partial charge in [0.25, 0.3) is 0 Å². The first-order chi connectivity index (χ1) is 6.72. The smallest absolute Gasteiger partial charge is 0.132 e. The van der Waals surface area contributed by atoms with Gasteiger partial charge in [0, 0.05) is 5.92 Å². The van der Waals surface area contributed by atoms with Crippen LogP contribution in [0.25, 0.3) is 0 Å². The fourth-order valence-corrected chi connectivity index (χ4v) is 1.57. The monoisotopic (exact) mass is 194 g/mol. The molecule has 1 nitrogen and oxygen atoms in total. The Morgan fingerprint density at radius 1 is 1.14 bits per heavy atom. The van der Waals surface area contributed by atoms with Crippen molar-refractivity contribution >= 4 is 5.78 Å². The van der Waals surface area contributed by atoms with Crippen molar-refractivity contribution in [1.82, 2.24) is 0 Å². The van der Waals surface area contributed by atoms with Crippen LogP contribution in [0, 0.1) is 5.92 Å². The van der Waals surface area contributed by atoms with E-state index < -0.39 is 0 Å². The standard InChI is InChI=1S/C13H22O/c1-4-6-8-10-13(12(3)14)11-9-7-5-2/h4-5,13H,1-2,6-11H2,3H3. The summed E-state index contributed by atoms with van der Waals surface area (Å²) >= 11 is 0. The molecule has 0 atom stereocenters. The molecule has 0 fully saturated rings. The number of rotatable bonds is 9. The van der Waals surface area contributed by atoms with Gasteiger partial charge in [0.15, 0.2) is 0 Å². The molecule has 0 aromatic carbocycles. The molecule has 0 unspecified atom stereocenters. The molecule has 0 bridgehead atoms. The minimum Gasteiger partial charge on any atom is -0.300 e. The summed E-state index contributed by atoms with van der Waals surface area (Å²) in [6.07, 6.45) is 10.1. The molecule has 0 heterocycles. The Morgan fingerprint density at radius 3 is 1.86 bits per heavy atom. The Kier molecular flexibility index (Phi) is 8.20. The average Bonchev–Trinajstić information content (AvgIpc) is 2.15. The summed E-state index contributed by atoms with van der Waals surface area (Å²) < 4.78 is 0. The zero-order valence-corrected chi connectivity index (χ0v) is 9.30. The van der Waals surface area contributed by atoms with Crippen molar-refractivity contribution in [2.24, 2.45) is 5.92 Å². The van der Waals surface area contributed by atoms with Crippen LogP contribution in [0.15, 0.2) is 25.3 Å². The lowest BCUT2D eigenvalue weighted by Gasteiger charge is -2.12. The molecule has 0 rings (SSSR count). The maximum Gasteiger partial charge on any atom is 0.132 e. The van der Waals surface area contributed by atoms with E-state index in [-0.39, 0.29) is 5.92 Å². The quantitative estimate of drug-likeness (QED) is 0.402. The zero-order chi connectivity index (χ0) is 10.8. The van der Waals surface area contributed by atoms with Gasteiger partial charge in [0.2, 0.25) is 0 Å². The number of ketones is 1. The average molecular weight is 194 g/mol. The second kappa shape index (κ2) is 8.74. The van der Waals surface area contributed by atoms with Gasteiger partial charge in [-0.05, 0) is 45.4 Å². The number of hydrogen-bond acceptors (Lipinski definition) is 1. The van der Waals surface area contributed by atoms with Crippen molar-refractivity contribution in [2.45, 2.75) is 45.4 Å². The van der Waals surface area contributed by atoms with Gasteiger partial charge in [0.05, 0.1) is 0 Å². The molecule has 14 heavy (non-hydrogen) atoms. The van der Waals surface area contributed by atoms with Crippen molar-refractivity contribution in [3.63, 3.8) is 0 Å². The van der Waals surface area contributed by atoms with Crippen molar-refractivity contribution < 1.29 is 4.79 Å². The SMILES string of the molecule is C=CCCCC(CCCC=C)C(C)=O. The van der Waals surface area contributed by atoms with Crippen molar-refractivity contribution in [3.05, 3.63) is 25.3 Å². The molecule has 0 N–H and O–H groups in total. The molecule has 0 aromatic heterocycles. The number of unbranched alkanes of at least 4 members (excludes halogenated alkanes) is 2. The van der Waals surface area contributed by atoms with Crippen molar-refractivity contribution in [1.29, 1.82) is 0 Å². The van der Waals surface area contributed by atoms with E-state index in [0.717, 1.165) is 38.5 Å². The minimum absolute atomic E-state index is 0.259. The van der Waals surface area contributed by atoms with Crippen molar-refractivity contribution in [2.75, 3.05) is 0 Å². The van der Waals surface area contributed by atoms with Crippen LogP contribution in [0.3, 0.4) is 0 Å². The number of Topliss-reactive ketones (excluding diaryl/α,β-unsaturated/α-hetero) is 1. The number of carbonyl (C=O) groups is 1. The zero-order valence-electron chi connectivity index (χ0n) is 9.30. The third-order valence-corrected chi connectivity index (χ3v) is 2.50. The van der Waals surface area contributed by atoms with Gasteiger partial charge >= 0.3 is 0 Å². The highest BCUT2D eigenvalue weighted by molar-refractivity contribution is 5.78. The van der Waals surface area contributed by atoms with E-state index >= 15 is 0 Å². The molecule has 1 heteroatoms. The third-order valence-electron chi connectivity index (χ3n) is 2.50. The Labute approximate surface area is 87.9 Å². The third kappa shape index (κ3) is 6.64. The molecule has 0 saturated carbocycles. The van der Waals surface area contributed by atoms with Gasteiger partial charge < -0.3 is 0 Å². The molecule has 0 amide bonds. The van der Waals surface area contributed by atoms with Crippen LogP contribution in [0.5, 0.6) is 0 Å². The highest BCUT2D eigenvalue weighted by atomic mass is 16.1. The Hall–Kier alpha value is -0.850. The maximum absolute atomic E-state index is 11.3. The highest BCUT2D eigenvalue weighted by Gasteiger charge is 2.12. The molecule has 80 valence electrons. The summed E-state index contributed by atoms with van der Waals surface area (Å²) in [5.74, 6) is 0.591. The van der Waals surface area contributed by atoms with E-state index in [1.807, 2.05) is 12.2 Å². The topological polar surface area (TPSA) is 17.1 Å². The number of hydrogen-bond donors (Lipinski definition) is 0. The molecule has 0 radical (unpaired) electrons. The van der Waals surface area contributed by atoms with E-state index in [1.54, 1.807) is 6.92 Å². The van der Waals surface area contributed by atoms with E-state index in [2.05, 4.69) is 13.2 Å². The summed E-state index contributed by atoms with van der Waals surface area (Å²) in [6, 6.07) is 0. The number of allylic oxidation sites excluding steroid dienone is 2. The molecular weight excluding hydrogens is 172 g/mol. The van der Waals surface area contributed by atoms with E-state index in [0.29, 0.717) is 5.78 Å². The van der Waals surface area contributed by atoms with Gasteiger partial charge in [-0.2, -0.15) is 0 Å². The van der Waals surface area contributed by atoms with E-state index in [4.69, 9.17) is 0 Å². The van der Waals surface area contributed by atoms with Gasteiger partial charge in [-0.3, -0.25) is 4.79 Å². The van der Waals surface area contributed by atoms with Crippen LogP contribution in [-0.2, 0) is 4.79 Å². The minimum atomic E-state index is 0.259.